The maximum Gasteiger partial charge on any atom is 0.253 e. The van der Waals surface area contributed by atoms with Crippen LogP contribution >= 0.6 is 0 Å². The minimum Gasteiger partial charge on any atom is -0.392 e. The fourth-order valence-corrected chi connectivity index (χ4v) is 6.68. The number of amides is 1. The summed E-state index contributed by atoms with van der Waals surface area (Å²) >= 11 is 0. The second kappa shape index (κ2) is 21.9. The maximum atomic E-state index is 12.5. The second-order valence-electron chi connectivity index (χ2n) is 13.8. The van der Waals surface area contributed by atoms with Crippen LogP contribution in [0.25, 0.3) is 0 Å². The van der Waals surface area contributed by atoms with E-state index in [1.807, 2.05) is 24.3 Å². The van der Waals surface area contributed by atoms with Crippen molar-refractivity contribution in [3.05, 3.63) is 101 Å². The molecule has 4 unspecified atom stereocenters. The molecule has 0 bridgehead atoms. The summed E-state index contributed by atoms with van der Waals surface area (Å²) in [5.41, 5.74) is 4.52. The van der Waals surface area contributed by atoms with Crippen LogP contribution < -0.4 is 5.32 Å². The van der Waals surface area contributed by atoms with Gasteiger partial charge in [0, 0.05) is 37.0 Å². The Kier molecular flexibility index (Phi) is 17.3. The zero-order valence-corrected chi connectivity index (χ0v) is 30.3. The lowest BCUT2D eigenvalue weighted by Crippen LogP contribution is -2.45. The molecular formula is C42H61N3O4. The molecule has 1 saturated heterocycles. The van der Waals surface area contributed by atoms with Crippen molar-refractivity contribution in [3.8, 4) is 0 Å². The van der Waals surface area contributed by atoms with Gasteiger partial charge in [-0.05, 0) is 54.8 Å². The Morgan fingerprint density at radius 3 is 1.96 bits per heavy atom. The van der Waals surface area contributed by atoms with Crippen LogP contribution in [0.3, 0.4) is 0 Å². The molecule has 1 aliphatic heterocycles. The van der Waals surface area contributed by atoms with Crippen molar-refractivity contribution in [2.24, 2.45) is 5.92 Å². The highest BCUT2D eigenvalue weighted by atomic mass is 16.7. The number of aliphatic hydroxyl groups excluding tert-OH is 1. The lowest BCUT2D eigenvalue weighted by atomic mass is 9.90. The van der Waals surface area contributed by atoms with Crippen molar-refractivity contribution in [1.29, 1.82) is 0 Å². The lowest BCUT2D eigenvalue weighted by molar-refractivity contribution is -0.276. The second-order valence-corrected chi connectivity index (χ2v) is 13.8. The van der Waals surface area contributed by atoms with Gasteiger partial charge in [0.15, 0.2) is 6.29 Å². The molecule has 3 aromatic rings. The Bertz CT molecular complexity index is 1300. The highest BCUT2D eigenvalue weighted by Crippen LogP contribution is 2.42. The smallest absolute Gasteiger partial charge is 0.253 e. The summed E-state index contributed by atoms with van der Waals surface area (Å²) in [6.45, 7) is 10.4. The number of unbranched alkanes of at least 4 members (excludes halogenated alkanes) is 10. The molecule has 0 aliphatic carbocycles. The molecule has 4 atom stereocenters. The molecule has 1 aliphatic rings. The van der Waals surface area contributed by atoms with Crippen LogP contribution in [-0.2, 0) is 22.6 Å². The van der Waals surface area contributed by atoms with Crippen LogP contribution in [0.5, 0.6) is 0 Å². The third kappa shape index (κ3) is 12.9. The van der Waals surface area contributed by atoms with Gasteiger partial charge in [-0.2, -0.15) is 0 Å². The Hall–Kier alpha value is -3.10. The lowest BCUT2D eigenvalue weighted by Gasteiger charge is -2.43. The third-order valence-electron chi connectivity index (χ3n) is 9.85. The van der Waals surface area contributed by atoms with Gasteiger partial charge in [-0.25, -0.2) is 0 Å². The van der Waals surface area contributed by atoms with Gasteiger partial charge < -0.3 is 24.8 Å². The van der Waals surface area contributed by atoms with Gasteiger partial charge in [-0.3, -0.25) is 9.78 Å². The average molecular weight is 672 g/mol. The summed E-state index contributed by atoms with van der Waals surface area (Å²) in [7, 11) is 0. The molecule has 0 saturated carbocycles. The van der Waals surface area contributed by atoms with Crippen molar-refractivity contribution in [2.75, 3.05) is 19.6 Å². The van der Waals surface area contributed by atoms with E-state index < -0.39 is 6.29 Å². The zero-order valence-electron chi connectivity index (χ0n) is 30.3. The summed E-state index contributed by atoms with van der Waals surface area (Å²) < 4.78 is 13.6. The number of aliphatic hydroxyl groups is 1. The van der Waals surface area contributed by atoms with E-state index in [1.165, 1.54) is 77.0 Å². The Morgan fingerprint density at radius 1 is 0.776 bits per heavy atom. The number of pyridine rings is 1. The minimum atomic E-state index is -0.507. The highest BCUT2D eigenvalue weighted by Gasteiger charge is 2.39. The number of ether oxygens (including phenoxy) is 2. The van der Waals surface area contributed by atoms with Crippen LogP contribution in [0.2, 0.25) is 0 Å². The molecule has 1 aromatic heterocycles. The Labute approximate surface area is 295 Å². The number of nitrogens with zero attached hydrogens (tertiary/aromatic N) is 2. The topological polar surface area (TPSA) is 83.9 Å². The van der Waals surface area contributed by atoms with Gasteiger partial charge in [0.25, 0.3) is 5.91 Å². The Morgan fingerprint density at radius 2 is 1.37 bits per heavy atom. The molecule has 4 rings (SSSR count). The van der Waals surface area contributed by atoms with E-state index in [9.17, 15) is 9.90 Å². The monoisotopic (exact) mass is 671 g/mol. The number of hydrogen-bond acceptors (Lipinski definition) is 6. The Balaban J connectivity index is 1.46. The SMILES string of the molecule is CCCCCCCCN(CCCCCCCC)CC1OC(c2ccc(CNC(=O)c3cccnc3)cc2)OC(c2ccc(CO)cc2)C1C. The first-order chi connectivity index (χ1) is 24.0. The number of aromatic nitrogens is 1. The van der Waals surface area contributed by atoms with Gasteiger partial charge in [0.05, 0.1) is 24.4 Å². The fourth-order valence-electron chi connectivity index (χ4n) is 6.68. The van der Waals surface area contributed by atoms with E-state index in [4.69, 9.17) is 9.47 Å². The molecule has 268 valence electrons. The molecule has 1 amide bonds. The number of rotatable bonds is 22. The minimum absolute atomic E-state index is 0.0000947. The van der Waals surface area contributed by atoms with Crippen LogP contribution in [0, 0.1) is 5.92 Å². The number of nitrogens with one attached hydrogen (secondary N) is 1. The van der Waals surface area contributed by atoms with Gasteiger partial charge >= 0.3 is 0 Å². The quantitative estimate of drug-likeness (QED) is 0.104. The van der Waals surface area contributed by atoms with Crippen LogP contribution in [-0.4, -0.2) is 46.6 Å². The molecule has 0 radical (unpaired) electrons. The summed E-state index contributed by atoms with van der Waals surface area (Å²) in [5.74, 6) is 0.00396. The summed E-state index contributed by atoms with van der Waals surface area (Å²) in [6.07, 6.45) is 18.1. The number of carbonyl (C=O) groups excluding carboxylic acids is 1. The first-order valence-electron chi connectivity index (χ1n) is 19.0. The van der Waals surface area contributed by atoms with E-state index >= 15 is 0 Å². The average Bonchev–Trinajstić information content (AvgIpc) is 3.14. The van der Waals surface area contributed by atoms with Crippen molar-refractivity contribution < 1.29 is 19.4 Å². The summed E-state index contributed by atoms with van der Waals surface area (Å²) in [4.78, 5) is 19.2. The molecule has 49 heavy (non-hydrogen) atoms. The van der Waals surface area contributed by atoms with Gasteiger partial charge in [-0.1, -0.05) is 134 Å². The fraction of sp³-hybridized carbons (Fsp3) is 0.571. The van der Waals surface area contributed by atoms with Gasteiger partial charge in [-0.15, -0.1) is 0 Å². The predicted molar refractivity (Wildman–Crippen MR) is 198 cm³/mol. The molecule has 0 spiro atoms. The largest absolute Gasteiger partial charge is 0.392 e. The van der Waals surface area contributed by atoms with Gasteiger partial charge in [0.1, 0.15) is 0 Å². The normalized spacial score (nSPS) is 19.3. The van der Waals surface area contributed by atoms with Crippen LogP contribution in [0.1, 0.15) is 143 Å². The van der Waals surface area contributed by atoms with Crippen molar-refractivity contribution in [3.63, 3.8) is 0 Å². The van der Waals surface area contributed by atoms with Crippen LogP contribution in [0.4, 0.5) is 0 Å². The maximum absolute atomic E-state index is 12.5. The number of benzene rings is 2. The summed E-state index contributed by atoms with van der Waals surface area (Å²) in [6, 6.07) is 19.9. The van der Waals surface area contributed by atoms with Crippen LogP contribution in [0.15, 0.2) is 73.1 Å². The molecule has 2 heterocycles. The van der Waals surface area contributed by atoms with E-state index in [-0.39, 0.29) is 30.6 Å². The number of carbonyl (C=O) groups is 1. The van der Waals surface area contributed by atoms with Crippen molar-refractivity contribution in [1.82, 2.24) is 15.2 Å². The van der Waals surface area contributed by atoms with Crippen molar-refractivity contribution in [2.45, 2.75) is 129 Å². The van der Waals surface area contributed by atoms with E-state index in [1.54, 1.807) is 24.5 Å². The molecule has 7 nitrogen and oxygen atoms in total. The number of hydrogen-bond donors (Lipinski definition) is 2. The summed E-state index contributed by atoms with van der Waals surface area (Å²) in [5, 5.41) is 12.6. The standard InChI is InChI=1S/C42H61N3O4/c1-4-6-8-10-12-14-27-45(28-15-13-11-9-7-5-2)31-39-33(3)40(36-22-20-35(32-46)21-23-36)49-42(48-39)37-24-18-34(19-25-37)29-44-41(47)38-17-16-26-43-30-38/h16-26,30,33,39-40,42,46H,4-15,27-29,31-32H2,1-3H3,(H,44,47). The predicted octanol–water partition coefficient (Wildman–Crippen LogP) is 9.32. The van der Waals surface area contributed by atoms with E-state index in [2.05, 4.69) is 60.2 Å². The van der Waals surface area contributed by atoms with E-state index in [0.29, 0.717) is 12.1 Å². The highest BCUT2D eigenvalue weighted by molar-refractivity contribution is 5.93. The zero-order chi connectivity index (χ0) is 34.7. The first kappa shape index (κ1) is 38.7. The molecule has 1 fully saturated rings. The molecular weight excluding hydrogens is 610 g/mol. The third-order valence-corrected chi connectivity index (χ3v) is 9.85. The first-order valence-corrected chi connectivity index (χ1v) is 19.0. The molecule has 2 aromatic carbocycles. The molecule has 7 heteroatoms. The van der Waals surface area contributed by atoms with Crippen molar-refractivity contribution >= 4 is 5.91 Å². The van der Waals surface area contributed by atoms with Gasteiger partial charge in [0.2, 0.25) is 0 Å². The molecule has 2 N–H and O–H groups in total. The van der Waals surface area contributed by atoms with E-state index in [0.717, 1.165) is 41.9 Å².